The Morgan fingerprint density at radius 3 is 2.42 bits per heavy atom. The summed E-state index contributed by atoms with van der Waals surface area (Å²) in [5.74, 6) is 0.116. The summed E-state index contributed by atoms with van der Waals surface area (Å²) in [6.45, 7) is 2.32. The summed E-state index contributed by atoms with van der Waals surface area (Å²) in [4.78, 5) is 23.5. The predicted octanol–water partition coefficient (Wildman–Crippen LogP) is 2.84. The van der Waals surface area contributed by atoms with E-state index in [0.29, 0.717) is 13.0 Å². The third kappa shape index (κ3) is 6.59. The zero-order valence-electron chi connectivity index (χ0n) is 15.3. The van der Waals surface area contributed by atoms with Gasteiger partial charge in [-0.15, -0.1) is 0 Å². The summed E-state index contributed by atoms with van der Waals surface area (Å²) in [5.41, 5.74) is 3.42. The Labute approximate surface area is 154 Å². The van der Waals surface area contributed by atoms with E-state index in [-0.39, 0.29) is 24.9 Å². The maximum absolute atomic E-state index is 11.8. The van der Waals surface area contributed by atoms with Crippen molar-refractivity contribution in [3.8, 4) is 5.75 Å². The van der Waals surface area contributed by atoms with Crippen LogP contribution in [0.1, 0.15) is 23.1 Å². The number of carbonyl (C=O) groups is 2. The third-order valence-electron chi connectivity index (χ3n) is 4.12. The van der Waals surface area contributed by atoms with Crippen LogP contribution in [0.15, 0.2) is 48.5 Å². The van der Waals surface area contributed by atoms with E-state index in [1.165, 1.54) is 11.1 Å². The van der Waals surface area contributed by atoms with E-state index in [9.17, 15) is 9.59 Å². The summed E-state index contributed by atoms with van der Waals surface area (Å²) >= 11 is 0. The van der Waals surface area contributed by atoms with Crippen molar-refractivity contribution in [3.63, 3.8) is 0 Å². The van der Waals surface area contributed by atoms with Crippen LogP contribution in [-0.2, 0) is 27.2 Å². The molecule has 1 N–H and O–H groups in total. The van der Waals surface area contributed by atoms with E-state index in [1.807, 2.05) is 55.5 Å². The Morgan fingerprint density at radius 1 is 1.00 bits per heavy atom. The quantitative estimate of drug-likeness (QED) is 0.703. The van der Waals surface area contributed by atoms with E-state index in [0.717, 1.165) is 17.7 Å². The number of esters is 1. The minimum absolute atomic E-state index is 0.239. The Balaban J connectivity index is 1.62. The number of ether oxygens (including phenoxy) is 2. The van der Waals surface area contributed by atoms with Crippen molar-refractivity contribution in [2.75, 3.05) is 20.3 Å². The van der Waals surface area contributed by atoms with Crippen molar-refractivity contribution in [3.05, 3.63) is 65.2 Å². The van der Waals surface area contributed by atoms with Crippen molar-refractivity contribution >= 4 is 11.9 Å². The van der Waals surface area contributed by atoms with Gasteiger partial charge in [-0.2, -0.15) is 0 Å². The lowest BCUT2D eigenvalue weighted by Gasteiger charge is -2.08. The molecule has 0 spiro atoms. The molecular formula is C21H25NO4. The topological polar surface area (TPSA) is 64.6 Å². The second-order valence-corrected chi connectivity index (χ2v) is 6.04. The number of nitrogens with one attached hydrogen (secondary N) is 1. The van der Waals surface area contributed by atoms with E-state index >= 15 is 0 Å². The number of aryl methyl sites for hydroxylation is 2. The van der Waals surface area contributed by atoms with Crippen LogP contribution >= 0.6 is 0 Å². The monoisotopic (exact) mass is 355 g/mol. The van der Waals surface area contributed by atoms with E-state index in [1.54, 1.807) is 7.11 Å². The highest BCUT2D eigenvalue weighted by Gasteiger charge is 2.08. The first-order valence-corrected chi connectivity index (χ1v) is 8.68. The molecule has 0 bridgehead atoms. The highest BCUT2D eigenvalue weighted by atomic mass is 16.5. The van der Waals surface area contributed by atoms with Gasteiger partial charge in [-0.05, 0) is 48.6 Å². The van der Waals surface area contributed by atoms with Crippen molar-refractivity contribution in [2.45, 2.75) is 26.2 Å². The third-order valence-corrected chi connectivity index (χ3v) is 4.12. The summed E-state index contributed by atoms with van der Waals surface area (Å²) in [5, 5.41) is 2.77. The number of methoxy groups -OCH3 is 1. The van der Waals surface area contributed by atoms with Crippen LogP contribution < -0.4 is 10.1 Å². The lowest BCUT2D eigenvalue weighted by atomic mass is 10.1. The molecule has 26 heavy (non-hydrogen) atoms. The lowest BCUT2D eigenvalue weighted by Crippen LogP contribution is -2.30. The largest absolute Gasteiger partial charge is 0.497 e. The fourth-order valence-corrected chi connectivity index (χ4v) is 2.54. The molecule has 1 amide bonds. The predicted molar refractivity (Wildman–Crippen MR) is 100 cm³/mol. The Morgan fingerprint density at radius 2 is 1.73 bits per heavy atom. The Bertz CT molecular complexity index is 725. The van der Waals surface area contributed by atoms with Gasteiger partial charge in [0.15, 0.2) is 6.61 Å². The average Bonchev–Trinajstić information content (AvgIpc) is 2.66. The van der Waals surface area contributed by atoms with Crippen LogP contribution in [0.3, 0.4) is 0 Å². The molecule has 0 unspecified atom stereocenters. The molecule has 0 saturated heterocycles. The molecule has 0 fully saturated rings. The zero-order valence-corrected chi connectivity index (χ0v) is 15.3. The second kappa shape index (κ2) is 10.2. The summed E-state index contributed by atoms with van der Waals surface area (Å²) < 4.78 is 10.1. The Hall–Kier alpha value is -2.82. The number of hydrogen-bond acceptors (Lipinski definition) is 4. The van der Waals surface area contributed by atoms with E-state index in [2.05, 4.69) is 5.32 Å². The molecule has 0 saturated carbocycles. The van der Waals surface area contributed by atoms with Crippen LogP contribution in [-0.4, -0.2) is 32.1 Å². The van der Waals surface area contributed by atoms with E-state index in [4.69, 9.17) is 9.47 Å². The maximum Gasteiger partial charge on any atom is 0.306 e. The van der Waals surface area contributed by atoms with Crippen molar-refractivity contribution in [1.29, 1.82) is 0 Å². The van der Waals surface area contributed by atoms with Gasteiger partial charge in [0.25, 0.3) is 5.91 Å². The smallest absolute Gasteiger partial charge is 0.306 e. The lowest BCUT2D eigenvalue weighted by molar-refractivity contribution is -0.148. The molecule has 0 radical (unpaired) electrons. The number of amides is 1. The molecule has 0 aliphatic rings. The summed E-state index contributed by atoms with van der Waals surface area (Å²) in [6.07, 6.45) is 1.56. The SMILES string of the molecule is COc1ccc(CCC(=O)OCC(=O)NCCc2ccccc2C)cc1. The molecule has 138 valence electrons. The van der Waals surface area contributed by atoms with Crippen molar-refractivity contribution in [2.24, 2.45) is 0 Å². The molecule has 0 aliphatic carbocycles. The zero-order chi connectivity index (χ0) is 18.8. The van der Waals surface area contributed by atoms with Gasteiger partial charge < -0.3 is 14.8 Å². The number of benzene rings is 2. The summed E-state index contributed by atoms with van der Waals surface area (Å²) in [7, 11) is 1.61. The first-order valence-electron chi connectivity index (χ1n) is 8.68. The van der Waals surface area contributed by atoms with E-state index < -0.39 is 0 Å². The minimum atomic E-state index is -0.380. The van der Waals surface area contributed by atoms with Gasteiger partial charge in [0.1, 0.15) is 5.75 Å². The fourth-order valence-electron chi connectivity index (χ4n) is 2.54. The number of carbonyl (C=O) groups excluding carboxylic acids is 2. The number of hydrogen-bond donors (Lipinski definition) is 1. The molecule has 5 heteroatoms. The van der Waals surface area contributed by atoms with Crippen molar-refractivity contribution in [1.82, 2.24) is 5.32 Å². The molecule has 0 aromatic heterocycles. The van der Waals surface area contributed by atoms with Crippen LogP contribution in [0.5, 0.6) is 5.75 Å². The van der Waals surface area contributed by atoms with Crippen LogP contribution in [0.25, 0.3) is 0 Å². The van der Waals surface area contributed by atoms with Crippen molar-refractivity contribution < 1.29 is 19.1 Å². The molecular weight excluding hydrogens is 330 g/mol. The molecule has 2 rings (SSSR count). The normalized spacial score (nSPS) is 10.2. The van der Waals surface area contributed by atoms with Gasteiger partial charge in [0, 0.05) is 13.0 Å². The molecule has 0 heterocycles. The highest BCUT2D eigenvalue weighted by Crippen LogP contribution is 2.12. The summed E-state index contributed by atoms with van der Waals surface area (Å²) in [6, 6.07) is 15.6. The van der Waals surface area contributed by atoms with Crippen LogP contribution in [0.4, 0.5) is 0 Å². The number of rotatable bonds is 9. The highest BCUT2D eigenvalue weighted by molar-refractivity contribution is 5.80. The van der Waals surface area contributed by atoms with Crippen LogP contribution in [0, 0.1) is 6.92 Å². The Kier molecular flexibility index (Phi) is 7.68. The fraction of sp³-hybridized carbons (Fsp3) is 0.333. The van der Waals surface area contributed by atoms with Gasteiger partial charge in [-0.25, -0.2) is 0 Å². The molecule has 5 nitrogen and oxygen atoms in total. The molecule has 0 atom stereocenters. The van der Waals surface area contributed by atoms with Gasteiger partial charge in [0.05, 0.1) is 7.11 Å². The van der Waals surface area contributed by atoms with Gasteiger partial charge >= 0.3 is 5.97 Å². The van der Waals surface area contributed by atoms with Gasteiger partial charge in [0.2, 0.25) is 0 Å². The second-order valence-electron chi connectivity index (χ2n) is 6.04. The first kappa shape index (κ1) is 19.5. The average molecular weight is 355 g/mol. The first-order chi connectivity index (χ1) is 12.6. The minimum Gasteiger partial charge on any atom is -0.497 e. The standard InChI is InChI=1S/C21H25NO4/c1-16-5-3-4-6-18(16)13-14-22-20(23)15-26-21(24)12-9-17-7-10-19(25-2)11-8-17/h3-8,10-11H,9,12-15H2,1-2H3,(H,22,23). The molecule has 0 aliphatic heterocycles. The van der Waals surface area contributed by atoms with Gasteiger partial charge in [-0.3, -0.25) is 9.59 Å². The maximum atomic E-state index is 11.8. The molecule has 2 aromatic carbocycles. The molecule has 2 aromatic rings. The van der Waals surface area contributed by atoms with Crippen LogP contribution in [0.2, 0.25) is 0 Å². The van der Waals surface area contributed by atoms with Gasteiger partial charge in [-0.1, -0.05) is 36.4 Å².